The number of hydrogen-bond acceptors (Lipinski definition) is 2. The van der Waals surface area contributed by atoms with Crippen LogP contribution in [0.2, 0.25) is 0 Å². The second-order valence-electron chi connectivity index (χ2n) is 7.04. The molecule has 1 fully saturated rings. The van der Waals surface area contributed by atoms with Crippen molar-refractivity contribution in [3.05, 3.63) is 35.9 Å². The number of benzene rings is 1. The fourth-order valence-corrected chi connectivity index (χ4v) is 3.26. The van der Waals surface area contributed by atoms with E-state index < -0.39 is 0 Å². The van der Waals surface area contributed by atoms with Gasteiger partial charge in [-0.3, -0.25) is 0 Å². The van der Waals surface area contributed by atoms with Crippen LogP contribution < -0.4 is 10.6 Å². The summed E-state index contributed by atoms with van der Waals surface area (Å²) in [6, 6.07) is 12.4. The Morgan fingerprint density at radius 3 is 1.91 bits per heavy atom. The van der Waals surface area contributed by atoms with Crippen molar-refractivity contribution in [2.24, 2.45) is 0 Å². The molecule has 2 unspecified atom stereocenters. The molecule has 2 atom stereocenters. The van der Waals surface area contributed by atoms with Gasteiger partial charge in [0.2, 0.25) is 0 Å². The Morgan fingerprint density at radius 1 is 0.957 bits per heavy atom. The first-order chi connectivity index (χ1) is 11.1. The summed E-state index contributed by atoms with van der Waals surface area (Å²) in [4.78, 5) is 0. The van der Waals surface area contributed by atoms with Crippen LogP contribution in [0.4, 0.5) is 0 Å². The summed E-state index contributed by atoms with van der Waals surface area (Å²) in [5.41, 5.74) is 1.98. The van der Waals surface area contributed by atoms with Gasteiger partial charge in [-0.15, -0.1) is 0 Å². The highest BCUT2D eigenvalue weighted by molar-refractivity contribution is 5.26. The molecule has 1 saturated heterocycles. The quantitative estimate of drug-likeness (QED) is 0.780. The first-order valence-electron chi connectivity index (χ1n) is 9.60. The Labute approximate surface area is 144 Å². The van der Waals surface area contributed by atoms with Gasteiger partial charge in [0.1, 0.15) is 0 Å². The monoisotopic (exact) mass is 318 g/mol. The Bertz CT molecular complexity index is 388. The third-order valence-electron chi connectivity index (χ3n) is 5.42. The molecule has 2 heteroatoms. The molecule has 2 nitrogen and oxygen atoms in total. The summed E-state index contributed by atoms with van der Waals surface area (Å²) in [6.45, 7) is 13.5. The standard InChI is InChI=1S/C13H19N.C8H19N/c1-2-13(8-10-14-11-9-13)12-6-4-3-5-7-12;1-5-7(3)9-8(4)6-2/h3-7,14H,2,8-11H2,1H3;7-9H,5-6H2,1-4H3. The van der Waals surface area contributed by atoms with Crippen LogP contribution in [0.15, 0.2) is 30.3 Å². The predicted molar refractivity (Wildman–Crippen MR) is 103 cm³/mol. The summed E-state index contributed by atoms with van der Waals surface area (Å²) in [5.74, 6) is 0. The van der Waals surface area contributed by atoms with E-state index in [0.717, 1.165) is 0 Å². The normalized spacial score (nSPS) is 19.3. The van der Waals surface area contributed by atoms with Crippen molar-refractivity contribution < 1.29 is 0 Å². The fraction of sp³-hybridized carbons (Fsp3) is 0.714. The first-order valence-corrected chi connectivity index (χ1v) is 9.60. The minimum absolute atomic E-state index is 0.451. The molecule has 0 bridgehead atoms. The van der Waals surface area contributed by atoms with E-state index in [2.05, 4.69) is 75.6 Å². The Balaban J connectivity index is 0.000000257. The van der Waals surface area contributed by atoms with E-state index in [1.807, 2.05) is 0 Å². The number of piperidine rings is 1. The second-order valence-corrected chi connectivity index (χ2v) is 7.04. The molecular formula is C21H38N2. The smallest absolute Gasteiger partial charge is 0.00385 e. The van der Waals surface area contributed by atoms with Gasteiger partial charge in [0.15, 0.2) is 0 Å². The van der Waals surface area contributed by atoms with Crippen LogP contribution in [-0.2, 0) is 5.41 Å². The maximum absolute atomic E-state index is 3.48. The van der Waals surface area contributed by atoms with Gasteiger partial charge in [0, 0.05) is 12.1 Å². The number of rotatable bonds is 6. The maximum atomic E-state index is 3.48. The van der Waals surface area contributed by atoms with Crippen molar-refractivity contribution in [1.29, 1.82) is 0 Å². The number of hydrogen-bond donors (Lipinski definition) is 2. The van der Waals surface area contributed by atoms with E-state index in [1.54, 1.807) is 0 Å². The van der Waals surface area contributed by atoms with Crippen molar-refractivity contribution >= 4 is 0 Å². The fourth-order valence-electron chi connectivity index (χ4n) is 3.26. The van der Waals surface area contributed by atoms with Gasteiger partial charge in [-0.25, -0.2) is 0 Å². The molecule has 0 radical (unpaired) electrons. The zero-order chi connectivity index (χ0) is 17.1. The average molecular weight is 319 g/mol. The van der Waals surface area contributed by atoms with Gasteiger partial charge >= 0.3 is 0 Å². The van der Waals surface area contributed by atoms with Gasteiger partial charge in [0.05, 0.1) is 0 Å². The zero-order valence-electron chi connectivity index (χ0n) is 16.0. The van der Waals surface area contributed by atoms with Crippen molar-refractivity contribution in [3.8, 4) is 0 Å². The van der Waals surface area contributed by atoms with Crippen LogP contribution in [0.3, 0.4) is 0 Å². The van der Waals surface area contributed by atoms with Crippen molar-refractivity contribution in [2.45, 2.75) is 84.2 Å². The van der Waals surface area contributed by atoms with Gasteiger partial charge < -0.3 is 10.6 Å². The molecule has 1 aromatic rings. The van der Waals surface area contributed by atoms with Crippen LogP contribution in [0, 0.1) is 0 Å². The predicted octanol–water partition coefficient (Wildman–Crippen LogP) is 4.89. The van der Waals surface area contributed by atoms with Crippen molar-refractivity contribution in [1.82, 2.24) is 10.6 Å². The molecule has 1 heterocycles. The minimum atomic E-state index is 0.451. The molecule has 2 N–H and O–H groups in total. The molecule has 1 aliphatic heterocycles. The Morgan fingerprint density at radius 2 is 1.48 bits per heavy atom. The SMILES string of the molecule is CCC(C)NC(C)CC.CCC1(c2ccccc2)CCNCC1. The van der Waals surface area contributed by atoms with Gasteiger partial charge in [0.25, 0.3) is 0 Å². The summed E-state index contributed by atoms with van der Waals surface area (Å²) < 4.78 is 0. The second kappa shape index (κ2) is 10.8. The summed E-state index contributed by atoms with van der Waals surface area (Å²) in [5, 5.41) is 6.92. The van der Waals surface area contributed by atoms with Crippen LogP contribution in [0.1, 0.15) is 72.3 Å². The highest BCUT2D eigenvalue weighted by atomic mass is 14.9. The van der Waals surface area contributed by atoms with Crippen LogP contribution in [-0.4, -0.2) is 25.2 Å². The minimum Gasteiger partial charge on any atom is -0.317 e. The highest BCUT2D eigenvalue weighted by Crippen LogP contribution is 2.36. The topological polar surface area (TPSA) is 24.1 Å². The van der Waals surface area contributed by atoms with E-state index in [-0.39, 0.29) is 0 Å². The zero-order valence-corrected chi connectivity index (χ0v) is 16.0. The molecule has 0 aliphatic carbocycles. The first kappa shape index (κ1) is 20.2. The Kier molecular flexibility index (Phi) is 9.50. The van der Waals surface area contributed by atoms with Gasteiger partial charge in [-0.2, -0.15) is 0 Å². The van der Waals surface area contributed by atoms with Gasteiger partial charge in [-0.1, -0.05) is 51.1 Å². The molecule has 1 aliphatic rings. The lowest BCUT2D eigenvalue weighted by molar-refractivity contribution is 0.298. The molecule has 0 aromatic heterocycles. The molecule has 23 heavy (non-hydrogen) atoms. The molecule has 2 rings (SSSR count). The molecule has 132 valence electrons. The molecular weight excluding hydrogens is 280 g/mol. The third kappa shape index (κ3) is 6.64. The van der Waals surface area contributed by atoms with E-state index >= 15 is 0 Å². The summed E-state index contributed by atoms with van der Waals surface area (Å²) in [7, 11) is 0. The number of nitrogens with one attached hydrogen (secondary N) is 2. The lowest BCUT2D eigenvalue weighted by Crippen LogP contribution is -2.39. The summed E-state index contributed by atoms with van der Waals surface area (Å²) in [6.07, 6.45) is 6.29. The molecule has 0 amide bonds. The van der Waals surface area contributed by atoms with Crippen molar-refractivity contribution in [3.63, 3.8) is 0 Å². The van der Waals surface area contributed by atoms with E-state index in [0.29, 0.717) is 17.5 Å². The van der Waals surface area contributed by atoms with Crippen molar-refractivity contribution in [2.75, 3.05) is 13.1 Å². The third-order valence-corrected chi connectivity index (χ3v) is 5.42. The highest BCUT2D eigenvalue weighted by Gasteiger charge is 2.31. The molecule has 0 spiro atoms. The van der Waals surface area contributed by atoms with E-state index in [9.17, 15) is 0 Å². The maximum Gasteiger partial charge on any atom is 0.00385 e. The van der Waals surface area contributed by atoms with E-state index in [1.165, 1.54) is 50.8 Å². The van der Waals surface area contributed by atoms with Crippen LogP contribution in [0.5, 0.6) is 0 Å². The molecule has 0 saturated carbocycles. The lowest BCUT2D eigenvalue weighted by atomic mass is 9.71. The van der Waals surface area contributed by atoms with Crippen LogP contribution >= 0.6 is 0 Å². The average Bonchev–Trinajstić information content (AvgIpc) is 2.63. The lowest BCUT2D eigenvalue weighted by Gasteiger charge is -2.37. The Hall–Kier alpha value is -0.860. The summed E-state index contributed by atoms with van der Waals surface area (Å²) >= 11 is 0. The van der Waals surface area contributed by atoms with Crippen LogP contribution in [0.25, 0.3) is 0 Å². The van der Waals surface area contributed by atoms with Gasteiger partial charge in [-0.05, 0) is 70.0 Å². The van der Waals surface area contributed by atoms with E-state index in [4.69, 9.17) is 0 Å². The molecule has 1 aromatic carbocycles. The largest absolute Gasteiger partial charge is 0.317 e.